The number of halogens is 1. The Morgan fingerprint density at radius 1 is 1.06 bits per heavy atom. The first-order chi connectivity index (χ1) is 8.24. The van der Waals surface area contributed by atoms with Gasteiger partial charge in [0, 0.05) is 26.8 Å². The summed E-state index contributed by atoms with van der Waals surface area (Å²) in [5.41, 5.74) is 1.87. The highest BCUT2D eigenvalue weighted by Crippen LogP contribution is 2.37. The molecule has 0 aromatic heterocycles. The molecule has 0 bridgehead atoms. The highest BCUT2D eigenvalue weighted by atomic mass is 35.5. The second-order valence-corrected chi connectivity index (χ2v) is 5.47. The molecule has 0 N–H and O–H groups in total. The van der Waals surface area contributed by atoms with Gasteiger partial charge in [-0.3, -0.25) is 4.79 Å². The Labute approximate surface area is 109 Å². The molecular formula is C14H9ClOS. The summed E-state index contributed by atoms with van der Waals surface area (Å²) in [7, 11) is 0. The molecule has 0 radical (unpaired) electrons. The summed E-state index contributed by atoms with van der Waals surface area (Å²) in [6.45, 7) is 0. The largest absolute Gasteiger partial charge is 0.294 e. The molecular weight excluding hydrogens is 252 g/mol. The fourth-order valence-corrected chi connectivity index (χ4v) is 3.32. The Morgan fingerprint density at radius 3 is 2.76 bits per heavy atom. The lowest BCUT2D eigenvalue weighted by atomic mass is 10.0. The smallest absolute Gasteiger partial charge is 0.168 e. The second kappa shape index (κ2) is 4.21. The van der Waals surface area contributed by atoms with Crippen LogP contribution in [0, 0.1) is 0 Å². The zero-order valence-electron chi connectivity index (χ0n) is 8.94. The minimum atomic E-state index is 0.161. The van der Waals surface area contributed by atoms with E-state index in [1.807, 2.05) is 36.4 Å². The third-order valence-corrected chi connectivity index (χ3v) is 4.20. The van der Waals surface area contributed by atoms with E-state index >= 15 is 0 Å². The molecule has 1 aliphatic rings. The number of carbonyl (C=O) groups is 1. The van der Waals surface area contributed by atoms with Gasteiger partial charge in [-0.2, -0.15) is 0 Å². The second-order valence-electron chi connectivity index (χ2n) is 3.95. The highest BCUT2D eigenvalue weighted by Gasteiger charge is 2.19. The third-order valence-electron chi connectivity index (χ3n) is 2.79. The van der Waals surface area contributed by atoms with Crippen molar-refractivity contribution in [2.45, 2.75) is 16.2 Å². The van der Waals surface area contributed by atoms with Crippen molar-refractivity contribution in [2.75, 3.05) is 0 Å². The summed E-state index contributed by atoms with van der Waals surface area (Å²) in [5, 5.41) is 0.670. The van der Waals surface area contributed by atoms with Crippen LogP contribution in [0.1, 0.15) is 15.9 Å². The van der Waals surface area contributed by atoms with Crippen LogP contribution in [-0.2, 0) is 6.42 Å². The van der Waals surface area contributed by atoms with E-state index in [1.165, 1.54) is 0 Å². The molecule has 2 aromatic rings. The van der Waals surface area contributed by atoms with Crippen LogP contribution in [0.5, 0.6) is 0 Å². The number of ketones is 1. The molecule has 1 heterocycles. The average molecular weight is 261 g/mol. The molecule has 0 amide bonds. The van der Waals surface area contributed by atoms with Crippen LogP contribution in [0.15, 0.2) is 52.3 Å². The SMILES string of the molecule is O=C1Cc2ccccc2Sc2cc(Cl)ccc21. The van der Waals surface area contributed by atoms with Gasteiger partial charge >= 0.3 is 0 Å². The predicted octanol–water partition coefficient (Wildman–Crippen LogP) is 4.23. The number of rotatable bonds is 0. The van der Waals surface area contributed by atoms with Crippen LogP contribution >= 0.6 is 23.4 Å². The van der Waals surface area contributed by atoms with E-state index in [2.05, 4.69) is 0 Å². The van der Waals surface area contributed by atoms with Gasteiger partial charge in [-0.15, -0.1) is 0 Å². The van der Waals surface area contributed by atoms with Crippen molar-refractivity contribution in [2.24, 2.45) is 0 Å². The lowest BCUT2D eigenvalue weighted by Crippen LogP contribution is -2.02. The molecule has 0 atom stereocenters. The molecule has 0 saturated heterocycles. The normalized spacial score (nSPS) is 13.8. The number of hydrogen-bond acceptors (Lipinski definition) is 2. The molecule has 1 nitrogen and oxygen atoms in total. The molecule has 0 spiro atoms. The van der Waals surface area contributed by atoms with Gasteiger partial charge in [0.05, 0.1) is 0 Å². The molecule has 3 heteroatoms. The minimum Gasteiger partial charge on any atom is -0.294 e. The van der Waals surface area contributed by atoms with E-state index in [1.54, 1.807) is 17.8 Å². The first-order valence-corrected chi connectivity index (χ1v) is 6.52. The predicted molar refractivity (Wildman–Crippen MR) is 70.1 cm³/mol. The van der Waals surface area contributed by atoms with Crippen LogP contribution in [0.2, 0.25) is 5.02 Å². The Bertz CT molecular complexity index is 607. The summed E-state index contributed by atoms with van der Waals surface area (Å²) < 4.78 is 0. The average Bonchev–Trinajstić information content (AvgIpc) is 2.44. The van der Waals surface area contributed by atoms with E-state index < -0.39 is 0 Å². The number of hydrogen-bond donors (Lipinski definition) is 0. The fraction of sp³-hybridized carbons (Fsp3) is 0.0714. The van der Waals surface area contributed by atoms with Crippen molar-refractivity contribution in [3.05, 3.63) is 58.6 Å². The van der Waals surface area contributed by atoms with Gasteiger partial charge < -0.3 is 0 Å². The van der Waals surface area contributed by atoms with Gasteiger partial charge in [-0.1, -0.05) is 41.6 Å². The minimum absolute atomic E-state index is 0.161. The molecule has 0 fully saturated rings. The third kappa shape index (κ3) is 1.99. The fourth-order valence-electron chi connectivity index (χ4n) is 1.95. The maximum absolute atomic E-state index is 12.1. The van der Waals surface area contributed by atoms with Gasteiger partial charge in [0.2, 0.25) is 0 Å². The van der Waals surface area contributed by atoms with Crippen molar-refractivity contribution >= 4 is 29.1 Å². The van der Waals surface area contributed by atoms with Crippen LogP contribution in [-0.4, -0.2) is 5.78 Å². The maximum Gasteiger partial charge on any atom is 0.168 e. The zero-order chi connectivity index (χ0) is 11.8. The van der Waals surface area contributed by atoms with Crippen LogP contribution in [0.3, 0.4) is 0 Å². The number of benzene rings is 2. The first-order valence-electron chi connectivity index (χ1n) is 5.32. The molecule has 0 unspecified atom stereocenters. The van der Waals surface area contributed by atoms with Crippen LogP contribution in [0.25, 0.3) is 0 Å². The monoisotopic (exact) mass is 260 g/mol. The lowest BCUT2D eigenvalue weighted by Gasteiger charge is -2.04. The van der Waals surface area contributed by atoms with Gasteiger partial charge in [-0.25, -0.2) is 0 Å². The van der Waals surface area contributed by atoms with Crippen LogP contribution < -0.4 is 0 Å². The molecule has 3 rings (SSSR count). The molecule has 17 heavy (non-hydrogen) atoms. The van der Waals surface area contributed by atoms with Crippen molar-refractivity contribution in [3.8, 4) is 0 Å². The van der Waals surface area contributed by atoms with E-state index in [4.69, 9.17) is 11.6 Å². The molecule has 2 aromatic carbocycles. The first kappa shape index (κ1) is 10.9. The molecule has 0 saturated carbocycles. The highest BCUT2D eigenvalue weighted by molar-refractivity contribution is 7.99. The topological polar surface area (TPSA) is 17.1 Å². The molecule has 0 aliphatic carbocycles. The maximum atomic E-state index is 12.1. The van der Waals surface area contributed by atoms with Gasteiger partial charge in [0.25, 0.3) is 0 Å². The Morgan fingerprint density at radius 2 is 1.88 bits per heavy atom. The van der Waals surface area contributed by atoms with Crippen molar-refractivity contribution < 1.29 is 4.79 Å². The van der Waals surface area contributed by atoms with Gasteiger partial charge in [0.15, 0.2) is 5.78 Å². The lowest BCUT2D eigenvalue weighted by molar-refractivity contribution is 0.0990. The Balaban J connectivity index is 2.18. The molecule has 1 aliphatic heterocycles. The zero-order valence-corrected chi connectivity index (χ0v) is 10.5. The van der Waals surface area contributed by atoms with Gasteiger partial charge in [0.1, 0.15) is 0 Å². The van der Waals surface area contributed by atoms with E-state index in [0.29, 0.717) is 11.4 Å². The Kier molecular flexibility index (Phi) is 2.69. The molecule has 84 valence electrons. The van der Waals surface area contributed by atoms with Crippen molar-refractivity contribution in [1.29, 1.82) is 0 Å². The van der Waals surface area contributed by atoms with E-state index in [9.17, 15) is 4.79 Å². The quantitative estimate of drug-likeness (QED) is 0.705. The summed E-state index contributed by atoms with van der Waals surface area (Å²) in [4.78, 5) is 14.2. The number of carbonyl (C=O) groups excluding carboxylic acids is 1. The van der Waals surface area contributed by atoms with Crippen molar-refractivity contribution in [3.63, 3.8) is 0 Å². The number of Topliss-reactive ketones (excluding diaryl/α,β-unsaturated/α-hetero) is 1. The van der Waals surface area contributed by atoms with E-state index in [-0.39, 0.29) is 5.78 Å². The summed E-state index contributed by atoms with van der Waals surface area (Å²) in [6.07, 6.45) is 0.470. The van der Waals surface area contributed by atoms with Gasteiger partial charge in [-0.05, 0) is 29.8 Å². The number of fused-ring (bicyclic) bond motifs is 2. The van der Waals surface area contributed by atoms with E-state index in [0.717, 1.165) is 20.9 Å². The summed E-state index contributed by atoms with van der Waals surface area (Å²) in [5.74, 6) is 0.161. The Hall–Kier alpha value is -1.25. The summed E-state index contributed by atoms with van der Waals surface area (Å²) in [6, 6.07) is 13.5. The van der Waals surface area contributed by atoms with Crippen molar-refractivity contribution in [1.82, 2.24) is 0 Å². The standard InChI is InChI=1S/C14H9ClOS/c15-10-5-6-11-12(16)7-9-3-1-2-4-13(9)17-14(11)8-10/h1-6,8H,7H2. The van der Waals surface area contributed by atoms with Crippen LogP contribution in [0.4, 0.5) is 0 Å². The summed E-state index contributed by atoms with van der Waals surface area (Å²) >= 11 is 7.60.